The number of hydrogen-bond donors (Lipinski definition) is 1. The van der Waals surface area contributed by atoms with Crippen molar-refractivity contribution in [2.75, 3.05) is 27.2 Å². The highest BCUT2D eigenvalue weighted by Crippen LogP contribution is 2.19. The van der Waals surface area contributed by atoms with Crippen LogP contribution in [0.3, 0.4) is 0 Å². The van der Waals surface area contributed by atoms with Gasteiger partial charge in [0.1, 0.15) is 5.75 Å². The smallest absolute Gasteiger partial charge is 0.317 e. The quantitative estimate of drug-likeness (QED) is 0.782. The zero-order chi connectivity index (χ0) is 19.9. The van der Waals surface area contributed by atoms with Crippen LogP contribution in [0.15, 0.2) is 48.5 Å². The summed E-state index contributed by atoms with van der Waals surface area (Å²) in [5, 5.41) is 3.08. The Morgan fingerprint density at radius 3 is 2.39 bits per heavy atom. The van der Waals surface area contributed by atoms with Crippen molar-refractivity contribution in [2.24, 2.45) is 0 Å². The third-order valence-electron chi connectivity index (χ3n) is 5.42. The van der Waals surface area contributed by atoms with Crippen molar-refractivity contribution in [1.29, 1.82) is 0 Å². The second-order valence-electron chi connectivity index (χ2n) is 7.55. The van der Waals surface area contributed by atoms with Crippen LogP contribution >= 0.6 is 0 Å². The summed E-state index contributed by atoms with van der Waals surface area (Å²) in [4.78, 5) is 16.9. The number of nitrogens with one attached hydrogen (secondary N) is 1. The molecule has 1 atom stereocenters. The first kappa shape index (κ1) is 20.2. The number of urea groups is 1. The maximum atomic E-state index is 12.7. The number of rotatable bonds is 7. The SMILES string of the molecule is COc1ccc([C@@H](C)NC(=O)N(C)Cc2ccccc2CN2CCCC2)cc1. The summed E-state index contributed by atoms with van der Waals surface area (Å²) in [6.45, 7) is 5.90. The second-order valence-corrected chi connectivity index (χ2v) is 7.55. The first-order valence-electron chi connectivity index (χ1n) is 10.0. The minimum absolute atomic E-state index is 0.0688. The standard InChI is InChI=1S/C23H31N3O2/c1-18(19-10-12-22(28-3)13-11-19)24-23(27)25(2)16-20-8-4-5-9-21(20)17-26-14-6-7-15-26/h4-5,8-13,18H,6-7,14-17H2,1-3H3,(H,24,27)/t18-/m1/s1. The minimum Gasteiger partial charge on any atom is -0.497 e. The molecule has 0 spiro atoms. The van der Waals surface area contributed by atoms with E-state index in [0.717, 1.165) is 17.9 Å². The molecular weight excluding hydrogens is 350 g/mol. The van der Waals surface area contributed by atoms with E-state index >= 15 is 0 Å². The van der Waals surface area contributed by atoms with E-state index in [-0.39, 0.29) is 12.1 Å². The number of ether oxygens (including phenoxy) is 1. The minimum atomic E-state index is -0.0701. The Balaban J connectivity index is 1.59. The number of amides is 2. The van der Waals surface area contributed by atoms with Crippen LogP contribution in [0.2, 0.25) is 0 Å². The van der Waals surface area contributed by atoms with Crippen molar-refractivity contribution in [1.82, 2.24) is 15.1 Å². The lowest BCUT2D eigenvalue weighted by Crippen LogP contribution is -2.38. The van der Waals surface area contributed by atoms with Crippen LogP contribution in [0.25, 0.3) is 0 Å². The van der Waals surface area contributed by atoms with E-state index in [0.29, 0.717) is 6.54 Å². The Bertz CT molecular complexity index is 770. The largest absolute Gasteiger partial charge is 0.497 e. The highest BCUT2D eigenvalue weighted by molar-refractivity contribution is 5.74. The van der Waals surface area contributed by atoms with E-state index in [2.05, 4.69) is 34.5 Å². The molecule has 1 fully saturated rings. The molecule has 1 saturated heterocycles. The Kier molecular flexibility index (Phi) is 6.93. The van der Waals surface area contributed by atoms with Crippen LogP contribution in [0.4, 0.5) is 4.79 Å². The van der Waals surface area contributed by atoms with Crippen molar-refractivity contribution in [3.63, 3.8) is 0 Å². The molecule has 3 rings (SSSR count). The van der Waals surface area contributed by atoms with Crippen molar-refractivity contribution in [3.05, 3.63) is 65.2 Å². The third-order valence-corrected chi connectivity index (χ3v) is 5.42. The van der Waals surface area contributed by atoms with E-state index in [1.165, 1.54) is 37.1 Å². The third kappa shape index (κ3) is 5.26. The van der Waals surface area contributed by atoms with E-state index in [1.54, 1.807) is 12.0 Å². The molecule has 0 aromatic heterocycles. The molecule has 0 bridgehead atoms. The van der Waals surface area contributed by atoms with E-state index in [4.69, 9.17) is 4.74 Å². The number of hydrogen-bond acceptors (Lipinski definition) is 3. The first-order valence-corrected chi connectivity index (χ1v) is 10.0. The van der Waals surface area contributed by atoms with Crippen LogP contribution in [0.1, 0.15) is 42.5 Å². The molecule has 5 nitrogen and oxygen atoms in total. The molecular formula is C23H31N3O2. The van der Waals surface area contributed by atoms with Gasteiger partial charge in [0.2, 0.25) is 0 Å². The molecule has 1 heterocycles. The van der Waals surface area contributed by atoms with Gasteiger partial charge in [-0.05, 0) is 61.7 Å². The number of likely N-dealkylation sites (tertiary alicyclic amines) is 1. The van der Waals surface area contributed by atoms with Gasteiger partial charge in [-0.1, -0.05) is 36.4 Å². The van der Waals surface area contributed by atoms with Crippen LogP contribution in [-0.2, 0) is 13.1 Å². The van der Waals surface area contributed by atoms with E-state index < -0.39 is 0 Å². The Hall–Kier alpha value is -2.53. The summed E-state index contributed by atoms with van der Waals surface area (Å²) in [6, 6.07) is 16.1. The van der Waals surface area contributed by atoms with Gasteiger partial charge in [0.25, 0.3) is 0 Å². The molecule has 5 heteroatoms. The highest BCUT2D eigenvalue weighted by Gasteiger charge is 2.17. The monoisotopic (exact) mass is 381 g/mol. The first-order chi connectivity index (χ1) is 13.6. The fourth-order valence-corrected chi connectivity index (χ4v) is 3.65. The fraction of sp³-hybridized carbons (Fsp3) is 0.435. The summed E-state index contributed by atoms with van der Waals surface area (Å²) in [7, 11) is 3.50. The normalized spacial score (nSPS) is 15.2. The summed E-state index contributed by atoms with van der Waals surface area (Å²) < 4.78 is 5.19. The lowest BCUT2D eigenvalue weighted by Gasteiger charge is -2.24. The molecule has 1 aliphatic rings. The second kappa shape index (κ2) is 9.60. The molecule has 2 aromatic rings. The van der Waals surface area contributed by atoms with Gasteiger partial charge in [-0.3, -0.25) is 4.90 Å². The van der Waals surface area contributed by atoms with Crippen molar-refractivity contribution in [2.45, 2.75) is 38.9 Å². The molecule has 2 aromatic carbocycles. The van der Waals surface area contributed by atoms with Crippen LogP contribution in [0, 0.1) is 0 Å². The van der Waals surface area contributed by atoms with Gasteiger partial charge in [0, 0.05) is 20.1 Å². The predicted octanol–water partition coefficient (Wildman–Crippen LogP) is 4.19. The number of nitrogens with zero attached hydrogens (tertiary/aromatic N) is 2. The topological polar surface area (TPSA) is 44.8 Å². The zero-order valence-electron chi connectivity index (χ0n) is 17.1. The van der Waals surface area contributed by atoms with Crippen molar-refractivity contribution >= 4 is 6.03 Å². The molecule has 2 amide bonds. The summed E-state index contributed by atoms with van der Waals surface area (Å²) >= 11 is 0. The Labute approximate surface area is 168 Å². The van der Waals surface area contributed by atoms with Gasteiger partial charge in [-0.15, -0.1) is 0 Å². The molecule has 0 saturated carbocycles. The maximum absolute atomic E-state index is 12.7. The van der Waals surface area contributed by atoms with Gasteiger partial charge in [-0.25, -0.2) is 4.79 Å². The number of benzene rings is 2. The zero-order valence-corrected chi connectivity index (χ0v) is 17.1. The van der Waals surface area contributed by atoms with Gasteiger partial charge in [0.05, 0.1) is 13.2 Å². The van der Waals surface area contributed by atoms with Crippen LogP contribution < -0.4 is 10.1 Å². The van der Waals surface area contributed by atoms with Crippen LogP contribution in [-0.4, -0.2) is 43.1 Å². The Morgan fingerprint density at radius 2 is 1.75 bits per heavy atom. The van der Waals surface area contributed by atoms with Gasteiger partial charge in [0.15, 0.2) is 0 Å². The highest BCUT2D eigenvalue weighted by atomic mass is 16.5. The van der Waals surface area contributed by atoms with Gasteiger partial charge >= 0.3 is 6.03 Å². The molecule has 0 radical (unpaired) electrons. The fourth-order valence-electron chi connectivity index (χ4n) is 3.65. The maximum Gasteiger partial charge on any atom is 0.317 e. The lowest BCUT2D eigenvalue weighted by atomic mass is 10.1. The molecule has 0 aliphatic carbocycles. The molecule has 1 aliphatic heterocycles. The number of carbonyl (C=O) groups is 1. The average molecular weight is 382 g/mol. The average Bonchev–Trinajstić information content (AvgIpc) is 3.22. The van der Waals surface area contributed by atoms with Gasteiger partial charge in [-0.2, -0.15) is 0 Å². The van der Waals surface area contributed by atoms with Gasteiger partial charge < -0.3 is 15.0 Å². The summed E-state index contributed by atoms with van der Waals surface area (Å²) in [5.74, 6) is 0.814. The lowest BCUT2D eigenvalue weighted by molar-refractivity contribution is 0.203. The molecule has 1 N–H and O–H groups in total. The van der Waals surface area contributed by atoms with Crippen molar-refractivity contribution in [3.8, 4) is 5.75 Å². The van der Waals surface area contributed by atoms with Crippen molar-refractivity contribution < 1.29 is 9.53 Å². The Morgan fingerprint density at radius 1 is 1.11 bits per heavy atom. The molecule has 150 valence electrons. The predicted molar refractivity (Wildman–Crippen MR) is 112 cm³/mol. The summed E-state index contributed by atoms with van der Waals surface area (Å²) in [5.41, 5.74) is 3.58. The van der Waals surface area contributed by atoms with E-state index in [9.17, 15) is 4.79 Å². The molecule has 28 heavy (non-hydrogen) atoms. The molecule has 0 unspecified atom stereocenters. The number of methoxy groups -OCH3 is 1. The van der Waals surface area contributed by atoms with E-state index in [1.807, 2.05) is 38.2 Å². The van der Waals surface area contributed by atoms with Crippen LogP contribution in [0.5, 0.6) is 5.75 Å². The summed E-state index contributed by atoms with van der Waals surface area (Å²) in [6.07, 6.45) is 2.57. The number of carbonyl (C=O) groups excluding carboxylic acids is 1.